The largest absolute Gasteiger partial charge is 0.454 e. The Morgan fingerprint density at radius 3 is 2.82 bits per heavy atom. The van der Waals surface area contributed by atoms with Crippen LogP contribution in [0.4, 0.5) is 0 Å². The zero-order valence-electron chi connectivity index (χ0n) is 9.05. The van der Waals surface area contributed by atoms with Crippen molar-refractivity contribution in [1.29, 1.82) is 0 Å². The lowest BCUT2D eigenvalue weighted by Gasteiger charge is -2.00. The average molecular weight is 256 g/mol. The fraction of sp³-hybridized carbons (Fsp3) is 0.182. The van der Waals surface area contributed by atoms with Crippen LogP contribution in [-0.2, 0) is 9.53 Å². The summed E-state index contributed by atoms with van der Waals surface area (Å²) in [5.41, 5.74) is 0.374. The molecule has 6 heteroatoms. The van der Waals surface area contributed by atoms with Gasteiger partial charge >= 0.3 is 5.97 Å². The van der Waals surface area contributed by atoms with Gasteiger partial charge in [-0.05, 0) is 17.7 Å². The fourth-order valence-corrected chi connectivity index (χ4v) is 1.31. The van der Waals surface area contributed by atoms with Crippen LogP contribution >= 0.6 is 11.6 Å². The molecule has 0 atom stereocenters. The summed E-state index contributed by atoms with van der Waals surface area (Å²) >= 11 is 5.75. The van der Waals surface area contributed by atoms with Gasteiger partial charge in [-0.3, -0.25) is 14.9 Å². The van der Waals surface area contributed by atoms with E-state index >= 15 is 0 Å². The molecule has 0 N–H and O–H groups in total. The molecule has 0 heterocycles. The third kappa shape index (κ3) is 4.65. The van der Waals surface area contributed by atoms with Gasteiger partial charge in [0.15, 0.2) is 6.61 Å². The maximum absolute atomic E-state index is 10.7. The molecule has 0 aliphatic heterocycles. The summed E-state index contributed by atoms with van der Waals surface area (Å²) in [6.45, 7) is 0.825. The molecule has 1 rings (SSSR count). The summed E-state index contributed by atoms with van der Waals surface area (Å²) in [7, 11) is 0. The van der Waals surface area contributed by atoms with Gasteiger partial charge in [-0.2, -0.15) is 0 Å². The number of hydrogen-bond acceptors (Lipinski definition) is 4. The zero-order chi connectivity index (χ0) is 12.8. The standard InChI is InChI=1S/C11H10ClNO4/c1-8(14)17-7-11(13(15)16)6-9-3-2-4-10(12)5-9/h2-6H,7H2,1H3/b11-6+. The van der Waals surface area contributed by atoms with E-state index in [1.54, 1.807) is 24.3 Å². The van der Waals surface area contributed by atoms with Crippen LogP contribution in [0.25, 0.3) is 6.08 Å². The maximum atomic E-state index is 10.7. The molecule has 0 aliphatic carbocycles. The van der Waals surface area contributed by atoms with E-state index in [2.05, 4.69) is 4.74 Å². The van der Waals surface area contributed by atoms with Gasteiger partial charge in [-0.15, -0.1) is 0 Å². The number of halogens is 1. The first kappa shape index (κ1) is 13.2. The second-order valence-corrected chi connectivity index (χ2v) is 3.66. The number of carbonyl (C=O) groups is 1. The van der Waals surface area contributed by atoms with Crippen molar-refractivity contribution < 1.29 is 14.5 Å². The Kier molecular flexibility index (Phi) is 4.66. The molecule has 0 saturated carbocycles. The summed E-state index contributed by atoms with van der Waals surface area (Å²) in [5.74, 6) is -0.566. The lowest BCUT2D eigenvalue weighted by atomic mass is 10.2. The van der Waals surface area contributed by atoms with E-state index in [9.17, 15) is 14.9 Å². The smallest absolute Gasteiger partial charge is 0.303 e. The van der Waals surface area contributed by atoms with Gasteiger partial charge in [0.1, 0.15) is 0 Å². The van der Waals surface area contributed by atoms with Crippen LogP contribution in [0.1, 0.15) is 12.5 Å². The van der Waals surface area contributed by atoms with Crippen molar-refractivity contribution in [2.75, 3.05) is 6.61 Å². The first-order valence-corrected chi connectivity index (χ1v) is 5.10. The van der Waals surface area contributed by atoms with Gasteiger partial charge in [0.05, 0.1) is 4.92 Å². The minimum Gasteiger partial charge on any atom is -0.454 e. The molecule has 5 nitrogen and oxygen atoms in total. The molecule has 0 aliphatic rings. The number of carbonyl (C=O) groups excluding carboxylic acids is 1. The number of ether oxygens (including phenoxy) is 1. The highest BCUT2D eigenvalue weighted by Crippen LogP contribution is 2.14. The van der Waals surface area contributed by atoms with E-state index in [-0.39, 0.29) is 12.3 Å². The van der Waals surface area contributed by atoms with Gasteiger partial charge in [0.2, 0.25) is 0 Å². The van der Waals surface area contributed by atoms with Crippen molar-refractivity contribution in [2.45, 2.75) is 6.92 Å². The normalized spacial score (nSPS) is 11.1. The van der Waals surface area contributed by atoms with Gasteiger partial charge < -0.3 is 4.74 Å². The number of nitrogens with zero attached hydrogens (tertiary/aromatic N) is 1. The Morgan fingerprint density at radius 2 is 2.29 bits per heavy atom. The van der Waals surface area contributed by atoms with Gasteiger partial charge in [0.25, 0.3) is 5.70 Å². The quantitative estimate of drug-likeness (QED) is 0.471. The predicted octanol–water partition coefficient (Wildman–Crippen LogP) is 2.52. The first-order chi connectivity index (χ1) is 7.99. The Balaban J connectivity index is 2.90. The summed E-state index contributed by atoms with van der Waals surface area (Å²) < 4.78 is 4.59. The van der Waals surface area contributed by atoms with Crippen molar-refractivity contribution in [3.05, 3.63) is 50.7 Å². The highest BCUT2D eigenvalue weighted by atomic mass is 35.5. The Hall–Kier alpha value is -1.88. The van der Waals surface area contributed by atoms with Crippen molar-refractivity contribution >= 4 is 23.6 Å². The average Bonchev–Trinajstić information content (AvgIpc) is 2.23. The highest BCUT2D eigenvalue weighted by molar-refractivity contribution is 6.30. The fourth-order valence-electron chi connectivity index (χ4n) is 1.11. The lowest BCUT2D eigenvalue weighted by molar-refractivity contribution is -0.428. The summed E-state index contributed by atoms with van der Waals surface area (Å²) in [6.07, 6.45) is 1.31. The van der Waals surface area contributed by atoms with E-state index in [1.807, 2.05) is 0 Å². The maximum Gasteiger partial charge on any atom is 0.303 e. The Morgan fingerprint density at radius 1 is 1.59 bits per heavy atom. The van der Waals surface area contributed by atoms with Crippen LogP contribution in [0, 0.1) is 10.1 Å². The van der Waals surface area contributed by atoms with E-state index in [4.69, 9.17) is 11.6 Å². The molecule has 0 spiro atoms. The lowest BCUT2D eigenvalue weighted by Crippen LogP contribution is -2.09. The van der Waals surface area contributed by atoms with E-state index < -0.39 is 10.9 Å². The number of rotatable bonds is 4. The second kappa shape index (κ2) is 6.00. The minimum absolute atomic E-state index is 0.206. The molecular weight excluding hydrogens is 246 g/mol. The molecule has 1 aromatic carbocycles. The molecule has 0 saturated heterocycles. The first-order valence-electron chi connectivity index (χ1n) is 4.73. The Bertz CT molecular complexity index is 470. The number of benzene rings is 1. The van der Waals surface area contributed by atoms with Crippen molar-refractivity contribution in [3.8, 4) is 0 Å². The number of esters is 1. The zero-order valence-corrected chi connectivity index (χ0v) is 9.81. The Labute approximate surface area is 103 Å². The summed E-state index contributed by atoms with van der Waals surface area (Å²) in [6, 6.07) is 6.59. The van der Waals surface area contributed by atoms with Gasteiger partial charge in [0, 0.05) is 18.0 Å². The minimum atomic E-state index is -0.593. The molecule has 0 unspecified atom stereocenters. The predicted molar refractivity (Wildman–Crippen MR) is 63.1 cm³/mol. The molecule has 0 amide bonds. The van der Waals surface area contributed by atoms with Gasteiger partial charge in [-0.1, -0.05) is 23.7 Å². The molecule has 0 bridgehead atoms. The third-order valence-corrected chi connectivity index (χ3v) is 2.07. The van der Waals surface area contributed by atoms with E-state index in [0.29, 0.717) is 10.6 Å². The highest BCUT2D eigenvalue weighted by Gasteiger charge is 2.12. The molecule has 0 aromatic heterocycles. The van der Waals surface area contributed by atoms with Gasteiger partial charge in [-0.25, -0.2) is 0 Å². The van der Waals surface area contributed by atoms with Crippen LogP contribution in [0.3, 0.4) is 0 Å². The number of nitro groups is 1. The summed E-state index contributed by atoms with van der Waals surface area (Å²) in [5, 5.41) is 11.2. The molecule has 0 fully saturated rings. The topological polar surface area (TPSA) is 69.4 Å². The van der Waals surface area contributed by atoms with Crippen molar-refractivity contribution in [2.24, 2.45) is 0 Å². The van der Waals surface area contributed by atoms with Crippen LogP contribution in [0.5, 0.6) is 0 Å². The summed E-state index contributed by atoms with van der Waals surface area (Å²) in [4.78, 5) is 20.7. The van der Waals surface area contributed by atoms with Crippen LogP contribution in [-0.4, -0.2) is 17.5 Å². The van der Waals surface area contributed by atoms with Crippen molar-refractivity contribution in [3.63, 3.8) is 0 Å². The molecule has 90 valence electrons. The molecular formula is C11H10ClNO4. The second-order valence-electron chi connectivity index (χ2n) is 3.23. The monoisotopic (exact) mass is 255 g/mol. The van der Waals surface area contributed by atoms with Crippen molar-refractivity contribution in [1.82, 2.24) is 0 Å². The molecule has 1 aromatic rings. The molecule has 0 radical (unpaired) electrons. The van der Waals surface area contributed by atoms with Crippen LogP contribution < -0.4 is 0 Å². The number of hydrogen-bond donors (Lipinski definition) is 0. The van der Waals surface area contributed by atoms with E-state index in [0.717, 1.165) is 0 Å². The van der Waals surface area contributed by atoms with Crippen LogP contribution in [0.2, 0.25) is 5.02 Å². The third-order valence-electron chi connectivity index (χ3n) is 1.84. The van der Waals surface area contributed by atoms with Crippen LogP contribution in [0.15, 0.2) is 30.0 Å². The SMILES string of the molecule is CC(=O)OC/C(=C\c1cccc(Cl)c1)[N+](=O)[O-]. The molecule has 17 heavy (non-hydrogen) atoms. The van der Waals surface area contributed by atoms with E-state index in [1.165, 1.54) is 13.0 Å².